The summed E-state index contributed by atoms with van der Waals surface area (Å²) >= 11 is 0. The van der Waals surface area contributed by atoms with Crippen LogP contribution in [0.3, 0.4) is 0 Å². The van der Waals surface area contributed by atoms with Gasteiger partial charge in [0.2, 0.25) is 0 Å². The SMILES string of the molecule is C=C[C@H](OC(=O)OC)[C@H](NC(=O)OCc1ccccc1)C(=O)OCC. The Labute approximate surface area is 145 Å². The lowest BCUT2D eigenvalue weighted by Crippen LogP contribution is -2.50. The van der Waals surface area contributed by atoms with Crippen LogP contribution in [0.15, 0.2) is 43.0 Å². The molecule has 0 radical (unpaired) electrons. The fraction of sp³-hybridized carbons (Fsp3) is 0.353. The molecular formula is C17H21NO7. The zero-order valence-electron chi connectivity index (χ0n) is 14.1. The Morgan fingerprint density at radius 2 is 1.88 bits per heavy atom. The molecule has 8 heteroatoms. The van der Waals surface area contributed by atoms with Gasteiger partial charge in [0.05, 0.1) is 13.7 Å². The fourth-order valence-corrected chi connectivity index (χ4v) is 1.81. The van der Waals surface area contributed by atoms with Gasteiger partial charge in [-0.2, -0.15) is 0 Å². The van der Waals surface area contributed by atoms with Crippen molar-refractivity contribution in [3.63, 3.8) is 0 Å². The van der Waals surface area contributed by atoms with Gasteiger partial charge in [-0.15, -0.1) is 0 Å². The van der Waals surface area contributed by atoms with E-state index in [-0.39, 0.29) is 13.2 Å². The van der Waals surface area contributed by atoms with Crippen molar-refractivity contribution in [3.8, 4) is 0 Å². The summed E-state index contributed by atoms with van der Waals surface area (Å²) in [6, 6.07) is 7.68. The van der Waals surface area contributed by atoms with Crippen molar-refractivity contribution >= 4 is 18.2 Å². The first-order valence-electron chi connectivity index (χ1n) is 7.52. The van der Waals surface area contributed by atoms with Crippen molar-refractivity contribution in [2.75, 3.05) is 13.7 Å². The molecule has 0 aliphatic heterocycles. The van der Waals surface area contributed by atoms with E-state index in [1.165, 1.54) is 6.08 Å². The standard InChI is InChI=1S/C17H21NO7/c1-4-13(25-17(21)22-3)14(15(19)23-5-2)18-16(20)24-11-12-9-7-6-8-10-12/h4,6-10,13-14H,1,5,11H2,2-3H3,(H,18,20)/t13-,14-/m0/s1. The van der Waals surface area contributed by atoms with E-state index in [0.29, 0.717) is 0 Å². The predicted molar refractivity (Wildman–Crippen MR) is 87.7 cm³/mol. The van der Waals surface area contributed by atoms with Gasteiger partial charge in [-0.1, -0.05) is 36.9 Å². The molecule has 2 atom stereocenters. The van der Waals surface area contributed by atoms with Gasteiger partial charge in [0.25, 0.3) is 0 Å². The van der Waals surface area contributed by atoms with Gasteiger partial charge in [0.1, 0.15) is 6.61 Å². The molecule has 1 aromatic carbocycles. The van der Waals surface area contributed by atoms with E-state index in [4.69, 9.17) is 14.2 Å². The molecule has 0 saturated heterocycles. The first kappa shape index (κ1) is 20.0. The highest BCUT2D eigenvalue weighted by molar-refractivity contribution is 5.82. The number of amides is 1. The number of carbonyl (C=O) groups excluding carboxylic acids is 3. The number of hydrogen-bond donors (Lipinski definition) is 1. The minimum absolute atomic E-state index is 0.0127. The summed E-state index contributed by atoms with van der Waals surface area (Å²) in [4.78, 5) is 35.3. The molecule has 8 nitrogen and oxygen atoms in total. The normalized spacial score (nSPS) is 12.2. The number of nitrogens with one attached hydrogen (secondary N) is 1. The van der Waals surface area contributed by atoms with Crippen molar-refractivity contribution in [1.29, 1.82) is 0 Å². The maximum absolute atomic E-state index is 12.1. The summed E-state index contributed by atoms with van der Waals surface area (Å²) in [7, 11) is 1.11. The maximum Gasteiger partial charge on any atom is 0.508 e. The summed E-state index contributed by atoms with van der Waals surface area (Å²) in [5.74, 6) is -0.798. The van der Waals surface area contributed by atoms with E-state index in [1.54, 1.807) is 31.2 Å². The largest absolute Gasteiger partial charge is 0.508 e. The molecule has 0 aromatic heterocycles. The van der Waals surface area contributed by atoms with E-state index in [9.17, 15) is 14.4 Å². The summed E-state index contributed by atoms with van der Waals surface area (Å²) in [5, 5.41) is 2.31. The van der Waals surface area contributed by atoms with Crippen molar-refractivity contribution < 1.29 is 33.3 Å². The Kier molecular flexibility index (Phi) is 8.56. The quantitative estimate of drug-likeness (QED) is 0.435. The van der Waals surface area contributed by atoms with Crippen LogP contribution in [-0.2, 0) is 30.3 Å². The van der Waals surface area contributed by atoms with E-state index >= 15 is 0 Å². The van der Waals surface area contributed by atoms with E-state index < -0.39 is 30.4 Å². The topological polar surface area (TPSA) is 100 Å². The lowest BCUT2D eigenvalue weighted by atomic mass is 10.1. The highest BCUT2D eigenvalue weighted by Gasteiger charge is 2.33. The van der Waals surface area contributed by atoms with Crippen molar-refractivity contribution in [2.45, 2.75) is 25.7 Å². The molecular weight excluding hydrogens is 330 g/mol. The Morgan fingerprint density at radius 1 is 1.20 bits per heavy atom. The number of carbonyl (C=O) groups is 3. The van der Waals surface area contributed by atoms with Gasteiger partial charge in [0, 0.05) is 0 Å². The van der Waals surface area contributed by atoms with Crippen LogP contribution in [0.5, 0.6) is 0 Å². The van der Waals surface area contributed by atoms with Crippen LogP contribution in [0.25, 0.3) is 0 Å². The number of rotatable bonds is 8. The van der Waals surface area contributed by atoms with Crippen LogP contribution in [0.2, 0.25) is 0 Å². The zero-order valence-corrected chi connectivity index (χ0v) is 14.1. The van der Waals surface area contributed by atoms with Gasteiger partial charge < -0.3 is 24.3 Å². The van der Waals surface area contributed by atoms with Crippen LogP contribution >= 0.6 is 0 Å². The van der Waals surface area contributed by atoms with Crippen molar-refractivity contribution in [2.24, 2.45) is 0 Å². The molecule has 0 spiro atoms. The molecule has 136 valence electrons. The molecule has 25 heavy (non-hydrogen) atoms. The molecule has 0 saturated carbocycles. The molecule has 1 amide bonds. The third-order valence-corrected chi connectivity index (χ3v) is 2.99. The summed E-state index contributed by atoms with van der Waals surface area (Å²) in [6.07, 6.45) is -1.91. The zero-order chi connectivity index (χ0) is 18.7. The number of alkyl carbamates (subject to hydrolysis) is 1. The summed E-state index contributed by atoms with van der Waals surface area (Å²) < 4.78 is 19.2. The number of esters is 1. The summed E-state index contributed by atoms with van der Waals surface area (Å²) in [5.41, 5.74) is 0.774. The van der Waals surface area contributed by atoms with Crippen LogP contribution in [-0.4, -0.2) is 44.1 Å². The summed E-state index contributed by atoms with van der Waals surface area (Å²) in [6.45, 7) is 5.18. The Bertz CT molecular complexity index is 588. The minimum atomic E-state index is -1.32. The second kappa shape index (κ2) is 10.7. The van der Waals surface area contributed by atoms with Crippen LogP contribution < -0.4 is 5.32 Å². The van der Waals surface area contributed by atoms with Gasteiger partial charge in [-0.05, 0) is 18.6 Å². The smallest absolute Gasteiger partial charge is 0.464 e. The van der Waals surface area contributed by atoms with E-state index in [1.807, 2.05) is 6.07 Å². The monoisotopic (exact) mass is 351 g/mol. The average Bonchev–Trinajstić information content (AvgIpc) is 2.63. The van der Waals surface area contributed by atoms with Crippen molar-refractivity contribution in [3.05, 3.63) is 48.6 Å². The highest BCUT2D eigenvalue weighted by atomic mass is 16.7. The van der Waals surface area contributed by atoms with Crippen LogP contribution in [0.1, 0.15) is 12.5 Å². The number of ether oxygens (including phenoxy) is 4. The predicted octanol–water partition coefficient (Wildman–Crippen LogP) is 2.18. The van der Waals surface area contributed by atoms with Crippen molar-refractivity contribution in [1.82, 2.24) is 5.32 Å². The Hall–Kier alpha value is -3.03. The Balaban J connectivity index is 2.74. The van der Waals surface area contributed by atoms with Gasteiger partial charge in [-0.25, -0.2) is 14.4 Å². The third-order valence-electron chi connectivity index (χ3n) is 2.99. The molecule has 0 heterocycles. The molecule has 0 aliphatic rings. The van der Waals surface area contributed by atoms with E-state index in [0.717, 1.165) is 12.7 Å². The molecule has 1 rings (SSSR count). The minimum Gasteiger partial charge on any atom is -0.464 e. The van der Waals surface area contributed by atoms with Gasteiger partial charge >= 0.3 is 18.2 Å². The first-order chi connectivity index (χ1) is 12.0. The number of methoxy groups -OCH3 is 1. The van der Waals surface area contributed by atoms with Crippen LogP contribution in [0.4, 0.5) is 9.59 Å². The molecule has 0 aliphatic carbocycles. The number of benzene rings is 1. The molecule has 1 N–H and O–H groups in total. The number of hydrogen-bond acceptors (Lipinski definition) is 7. The molecule has 0 fully saturated rings. The lowest BCUT2D eigenvalue weighted by molar-refractivity contribution is -0.148. The fourth-order valence-electron chi connectivity index (χ4n) is 1.81. The Morgan fingerprint density at radius 3 is 2.44 bits per heavy atom. The average molecular weight is 351 g/mol. The lowest BCUT2D eigenvalue weighted by Gasteiger charge is -2.23. The molecule has 0 bridgehead atoms. The van der Waals surface area contributed by atoms with E-state index in [2.05, 4.69) is 16.6 Å². The maximum atomic E-state index is 12.1. The van der Waals surface area contributed by atoms with Gasteiger partial charge in [0.15, 0.2) is 12.1 Å². The van der Waals surface area contributed by atoms with Crippen LogP contribution in [0, 0.1) is 0 Å². The highest BCUT2D eigenvalue weighted by Crippen LogP contribution is 2.07. The second-order valence-corrected chi connectivity index (χ2v) is 4.71. The third kappa shape index (κ3) is 6.94. The van der Waals surface area contributed by atoms with Gasteiger partial charge in [-0.3, -0.25) is 0 Å². The first-order valence-corrected chi connectivity index (χ1v) is 7.52. The molecule has 0 unspecified atom stereocenters. The second-order valence-electron chi connectivity index (χ2n) is 4.71. The molecule has 1 aromatic rings.